The van der Waals surface area contributed by atoms with E-state index in [1.807, 2.05) is 0 Å². The molecule has 0 aliphatic heterocycles. The molecule has 0 amide bonds. The lowest BCUT2D eigenvalue weighted by molar-refractivity contribution is -0.110. The summed E-state index contributed by atoms with van der Waals surface area (Å²) in [6.45, 7) is 1.82. The normalized spacial score (nSPS) is 21.1. The molecule has 168 valence electrons. The van der Waals surface area contributed by atoms with Gasteiger partial charge in [-0.25, -0.2) is 0 Å². The highest BCUT2D eigenvalue weighted by molar-refractivity contribution is 7.86. The van der Waals surface area contributed by atoms with Crippen molar-refractivity contribution < 1.29 is 44.1 Å². The minimum Gasteiger partial charge on any atom is -0.377 e. The zero-order valence-electron chi connectivity index (χ0n) is 16.5. The molecule has 2 atom stereocenters. The summed E-state index contributed by atoms with van der Waals surface area (Å²) in [4.78, 5) is 0. The van der Waals surface area contributed by atoms with Crippen LogP contribution in [0.1, 0.15) is 25.7 Å². The number of ether oxygens (including phenoxy) is 4. The standard InChI is InChI=1S/C16H32O10S2/c1-27(17,18)25-13-9-21-7-11-23-15-5-3-4-6-16(15)24-12-8-22-10-14-26-28(2,19)20/h15-16H,3-14H2,1-2H3/t15-,16-/m1/s1. The Labute approximate surface area is 168 Å². The van der Waals surface area contributed by atoms with Gasteiger partial charge in [0.15, 0.2) is 0 Å². The molecule has 1 saturated carbocycles. The molecular formula is C16H32O10S2. The average molecular weight is 449 g/mol. The topological polar surface area (TPSA) is 124 Å². The van der Waals surface area contributed by atoms with Crippen molar-refractivity contribution in [3.05, 3.63) is 0 Å². The minimum absolute atomic E-state index is 0.0107. The quantitative estimate of drug-likeness (QED) is 0.241. The van der Waals surface area contributed by atoms with E-state index in [2.05, 4.69) is 8.37 Å². The van der Waals surface area contributed by atoms with Crippen LogP contribution >= 0.6 is 0 Å². The maximum absolute atomic E-state index is 10.8. The lowest BCUT2D eigenvalue weighted by atomic mass is 9.94. The van der Waals surface area contributed by atoms with E-state index >= 15 is 0 Å². The van der Waals surface area contributed by atoms with Crippen LogP contribution in [0.25, 0.3) is 0 Å². The van der Waals surface area contributed by atoms with Crippen molar-refractivity contribution in [2.75, 3.05) is 65.4 Å². The molecule has 0 saturated heterocycles. The molecule has 0 aromatic heterocycles. The van der Waals surface area contributed by atoms with Crippen LogP contribution in [0.5, 0.6) is 0 Å². The molecule has 0 aromatic rings. The molecule has 12 heteroatoms. The molecule has 1 aliphatic rings. The van der Waals surface area contributed by atoms with Crippen molar-refractivity contribution in [2.24, 2.45) is 0 Å². The Balaban J connectivity index is 2.08. The van der Waals surface area contributed by atoms with Crippen molar-refractivity contribution in [1.82, 2.24) is 0 Å². The predicted molar refractivity (Wildman–Crippen MR) is 101 cm³/mol. The SMILES string of the molecule is CS(=O)(=O)OCCOCCO[C@@H]1CCCC[C@H]1OCCOCCOS(C)(=O)=O. The highest BCUT2D eigenvalue weighted by Crippen LogP contribution is 2.23. The summed E-state index contributed by atoms with van der Waals surface area (Å²) in [5, 5.41) is 0. The van der Waals surface area contributed by atoms with Crippen LogP contribution < -0.4 is 0 Å². The summed E-state index contributed by atoms with van der Waals surface area (Å²) < 4.78 is 74.6. The van der Waals surface area contributed by atoms with Crippen LogP contribution in [-0.4, -0.2) is 94.4 Å². The second-order valence-corrected chi connectivity index (χ2v) is 9.67. The van der Waals surface area contributed by atoms with Gasteiger partial charge in [-0.05, 0) is 12.8 Å². The van der Waals surface area contributed by atoms with E-state index < -0.39 is 20.2 Å². The molecule has 0 heterocycles. The van der Waals surface area contributed by atoms with Gasteiger partial charge in [0.05, 0.1) is 77.6 Å². The van der Waals surface area contributed by atoms with Crippen LogP contribution in [0, 0.1) is 0 Å². The fourth-order valence-corrected chi connectivity index (χ4v) is 3.40. The van der Waals surface area contributed by atoms with Gasteiger partial charge in [-0.2, -0.15) is 16.8 Å². The van der Waals surface area contributed by atoms with E-state index in [1.165, 1.54) is 0 Å². The van der Waals surface area contributed by atoms with Crippen molar-refractivity contribution in [3.63, 3.8) is 0 Å². The first kappa shape index (κ1) is 25.7. The van der Waals surface area contributed by atoms with Crippen molar-refractivity contribution in [3.8, 4) is 0 Å². The molecule has 0 bridgehead atoms. The predicted octanol–water partition coefficient (Wildman–Crippen LogP) is 0.316. The van der Waals surface area contributed by atoms with Gasteiger partial charge >= 0.3 is 0 Å². The number of rotatable bonds is 16. The molecule has 0 N–H and O–H groups in total. The lowest BCUT2D eigenvalue weighted by Gasteiger charge is -2.31. The first-order valence-corrected chi connectivity index (χ1v) is 12.9. The van der Waals surface area contributed by atoms with Gasteiger partial charge in [-0.1, -0.05) is 12.8 Å². The zero-order chi connectivity index (χ0) is 20.9. The molecule has 1 rings (SSSR count). The Kier molecular flexibility index (Phi) is 12.7. The van der Waals surface area contributed by atoms with Gasteiger partial charge in [0, 0.05) is 0 Å². The fourth-order valence-electron chi connectivity index (χ4n) is 2.65. The van der Waals surface area contributed by atoms with Gasteiger partial charge in [-0.3, -0.25) is 8.37 Å². The van der Waals surface area contributed by atoms with E-state index in [0.29, 0.717) is 26.4 Å². The van der Waals surface area contributed by atoms with E-state index in [-0.39, 0.29) is 38.6 Å². The number of hydrogen-bond acceptors (Lipinski definition) is 10. The molecule has 10 nitrogen and oxygen atoms in total. The first-order valence-electron chi connectivity index (χ1n) is 9.25. The Morgan fingerprint density at radius 1 is 0.607 bits per heavy atom. The number of hydrogen-bond donors (Lipinski definition) is 0. The average Bonchev–Trinajstić information content (AvgIpc) is 2.59. The Bertz CT molecular complexity index is 551. The summed E-state index contributed by atoms with van der Waals surface area (Å²) in [6.07, 6.45) is 5.92. The van der Waals surface area contributed by atoms with Crippen LogP contribution in [0.3, 0.4) is 0 Å². The molecule has 0 unspecified atom stereocenters. The largest absolute Gasteiger partial charge is 0.377 e. The minimum atomic E-state index is -3.44. The van der Waals surface area contributed by atoms with Gasteiger partial charge < -0.3 is 18.9 Å². The molecule has 1 fully saturated rings. The maximum atomic E-state index is 10.8. The smallest absolute Gasteiger partial charge is 0.264 e. The molecule has 0 radical (unpaired) electrons. The lowest BCUT2D eigenvalue weighted by Crippen LogP contribution is -2.36. The molecule has 1 aliphatic carbocycles. The monoisotopic (exact) mass is 448 g/mol. The summed E-state index contributed by atoms with van der Waals surface area (Å²) in [5.74, 6) is 0. The summed E-state index contributed by atoms with van der Waals surface area (Å²) >= 11 is 0. The molecule has 0 aromatic carbocycles. The van der Waals surface area contributed by atoms with E-state index in [9.17, 15) is 16.8 Å². The van der Waals surface area contributed by atoms with Crippen LogP contribution in [0.4, 0.5) is 0 Å². The zero-order valence-corrected chi connectivity index (χ0v) is 18.2. The highest BCUT2D eigenvalue weighted by atomic mass is 32.2. The van der Waals surface area contributed by atoms with Gasteiger partial charge in [0.2, 0.25) is 0 Å². The second-order valence-electron chi connectivity index (χ2n) is 6.38. The third kappa shape index (κ3) is 14.6. The molecule has 28 heavy (non-hydrogen) atoms. The third-order valence-corrected chi connectivity index (χ3v) is 5.00. The molecule has 0 spiro atoms. The Morgan fingerprint density at radius 2 is 0.964 bits per heavy atom. The van der Waals surface area contributed by atoms with Gasteiger partial charge in [-0.15, -0.1) is 0 Å². The van der Waals surface area contributed by atoms with E-state index in [1.54, 1.807) is 0 Å². The summed E-state index contributed by atoms with van der Waals surface area (Å²) in [5.41, 5.74) is 0. The van der Waals surface area contributed by atoms with E-state index in [4.69, 9.17) is 18.9 Å². The Hall–Kier alpha value is -0.340. The van der Waals surface area contributed by atoms with Crippen LogP contribution in [0.2, 0.25) is 0 Å². The van der Waals surface area contributed by atoms with Gasteiger partial charge in [0.25, 0.3) is 20.2 Å². The third-order valence-electron chi connectivity index (χ3n) is 3.81. The summed E-state index contributed by atoms with van der Waals surface area (Å²) in [7, 11) is -6.87. The van der Waals surface area contributed by atoms with Gasteiger partial charge in [0.1, 0.15) is 0 Å². The van der Waals surface area contributed by atoms with Crippen LogP contribution in [-0.2, 0) is 47.5 Å². The Morgan fingerprint density at radius 3 is 1.32 bits per heavy atom. The highest BCUT2D eigenvalue weighted by Gasteiger charge is 2.26. The maximum Gasteiger partial charge on any atom is 0.264 e. The van der Waals surface area contributed by atoms with Crippen LogP contribution in [0.15, 0.2) is 0 Å². The first-order chi connectivity index (χ1) is 13.2. The van der Waals surface area contributed by atoms with E-state index in [0.717, 1.165) is 38.2 Å². The van der Waals surface area contributed by atoms with Crippen molar-refractivity contribution in [1.29, 1.82) is 0 Å². The summed E-state index contributed by atoms with van der Waals surface area (Å²) in [6, 6.07) is 0. The molecular weight excluding hydrogens is 416 g/mol. The fraction of sp³-hybridized carbons (Fsp3) is 1.00. The second kappa shape index (κ2) is 13.8. The van der Waals surface area contributed by atoms with Crippen molar-refractivity contribution >= 4 is 20.2 Å². The van der Waals surface area contributed by atoms with Crippen molar-refractivity contribution in [2.45, 2.75) is 37.9 Å².